The number of benzene rings is 1. The van der Waals surface area contributed by atoms with Crippen molar-refractivity contribution < 1.29 is 9.72 Å². The fraction of sp³-hybridized carbons (Fsp3) is 0.0667. The quantitative estimate of drug-likeness (QED) is 0.283. The highest BCUT2D eigenvalue weighted by Crippen LogP contribution is 2.21. The normalized spacial score (nSPS) is 11.0. The number of hydrogen-bond acceptors (Lipinski definition) is 5. The van der Waals surface area contributed by atoms with Crippen LogP contribution in [0.5, 0.6) is 0 Å². The van der Waals surface area contributed by atoms with Gasteiger partial charge in [-0.3, -0.25) is 14.9 Å². The maximum Gasteiger partial charge on any atom is 0.269 e. The van der Waals surface area contributed by atoms with Crippen molar-refractivity contribution in [1.29, 1.82) is 5.26 Å². The molecule has 0 spiro atoms. The number of carbonyl (C=O) groups excluding carboxylic acids is 1. The summed E-state index contributed by atoms with van der Waals surface area (Å²) in [6.07, 6.45) is 1.44. The number of non-ortho nitro benzene ring substituents is 1. The molecule has 1 aromatic carbocycles. The standard InChI is InChI=1S/C15H10N2O3S/c1-10-6-7-21-15(10)14(18)12(9-16)8-11-2-4-13(5-3-11)17(19)20/h2-8H,1H3/b12-8-. The van der Waals surface area contributed by atoms with Crippen LogP contribution in [0.25, 0.3) is 6.08 Å². The van der Waals surface area contributed by atoms with Gasteiger partial charge in [0.05, 0.1) is 9.80 Å². The summed E-state index contributed by atoms with van der Waals surface area (Å²) in [5.74, 6) is -0.330. The first-order valence-corrected chi connectivity index (χ1v) is 6.86. The first-order valence-electron chi connectivity index (χ1n) is 5.98. The maximum atomic E-state index is 12.2. The molecule has 2 aromatic rings. The molecule has 0 N–H and O–H groups in total. The highest BCUT2D eigenvalue weighted by molar-refractivity contribution is 7.12. The maximum absolute atomic E-state index is 12.2. The van der Waals surface area contributed by atoms with Crippen molar-refractivity contribution in [2.45, 2.75) is 6.92 Å². The Morgan fingerprint density at radius 1 is 1.33 bits per heavy atom. The van der Waals surface area contributed by atoms with Crippen molar-refractivity contribution in [1.82, 2.24) is 0 Å². The molecule has 104 valence electrons. The highest BCUT2D eigenvalue weighted by atomic mass is 32.1. The Morgan fingerprint density at radius 2 is 2.00 bits per heavy atom. The van der Waals surface area contributed by atoms with Gasteiger partial charge in [0.25, 0.3) is 5.69 Å². The molecule has 0 amide bonds. The number of nitro benzene ring substituents is 1. The second-order valence-electron chi connectivity index (χ2n) is 4.28. The number of ketones is 1. The molecule has 0 aliphatic rings. The van der Waals surface area contributed by atoms with E-state index in [9.17, 15) is 14.9 Å². The minimum atomic E-state index is -0.501. The number of aryl methyl sites for hydroxylation is 1. The molecule has 2 rings (SSSR count). The molecule has 0 aliphatic heterocycles. The van der Waals surface area contributed by atoms with Gasteiger partial charge in [0.2, 0.25) is 5.78 Å². The van der Waals surface area contributed by atoms with Gasteiger partial charge in [-0.05, 0) is 47.7 Å². The summed E-state index contributed by atoms with van der Waals surface area (Å²) in [7, 11) is 0. The Bertz CT molecular complexity index is 767. The van der Waals surface area contributed by atoms with Crippen LogP contribution in [0.4, 0.5) is 5.69 Å². The summed E-state index contributed by atoms with van der Waals surface area (Å²) in [6, 6.07) is 9.38. The number of nitriles is 1. The van der Waals surface area contributed by atoms with Crippen LogP contribution in [0.1, 0.15) is 20.8 Å². The number of carbonyl (C=O) groups is 1. The number of hydrogen-bond donors (Lipinski definition) is 0. The third-order valence-corrected chi connectivity index (χ3v) is 3.86. The van der Waals surface area contributed by atoms with Crippen molar-refractivity contribution in [3.63, 3.8) is 0 Å². The Balaban J connectivity index is 2.33. The van der Waals surface area contributed by atoms with E-state index in [1.807, 2.05) is 19.1 Å². The number of nitrogens with zero attached hydrogens (tertiary/aromatic N) is 2. The highest BCUT2D eigenvalue weighted by Gasteiger charge is 2.16. The zero-order valence-electron chi connectivity index (χ0n) is 11.1. The molecule has 6 heteroatoms. The van der Waals surface area contributed by atoms with Crippen molar-refractivity contribution in [2.75, 3.05) is 0 Å². The van der Waals surface area contributed by atoms with Crippen LogP contribution < -0.4 is 0 Å². The summed E-state index contributed by atoms with van der Waals surface area (Å²) in [5.41, 5.74) is 1.37. The Labute approximate surface area is 124 Å². The molecule has 0 aliphatic carbocycles. The molecule has 0 fully saturated rings. The average molecular weight is 298 g/mol. The Kier molecular flexibility index (Phi) is 4.26. The smallest absolute Gasteiger partial charge is 0.269 e. The van der Waals surface area contributed by atoms with Crippen molar-refractivity contribution in [2.24, 2.45) is 0 Å². The summed E-state index contributed by atoms with van der Waals surface area (Å²) in [5, 5.41) is 21.5. The van der Waals surface area contributed by atoms with Gasteiger partial charge >= 0.3 is 0 Å². The van der Waals surface area contributed by atoms with Gasteiger partial charge in [0.15, 0.2) is 0 Å². The average Bonchev–Trinajstić information content (AvgIpc) is 2.90. The minimum Gasteiger partial charge on any atom is -0.287 e. The molecular weight excluding hydrogens is 288 g/mol. The second kappa shape index (κ2) is 6.11. The van der Waals surface area contributed by atoms with Gasteiger partial charge in [-0.2, -0.15) is 5.26 Å². The number of thiophene rings is 1. The lowest BCUT2D eigenvalue weighted by Gasteiger charge is -1.99. The van der Waals surface area contributed by atoms with Gasteiger partial charge in [-0.25, -0.2) is 0 Å². The monoisotopic (exact) mass is 298 g/mol. The lowest BCUT2D eigenvalue weighted by atomic mass is 10.1. The first kappa shape index (κ1) is 14.6. The molecule has 5 nitrogen and oxygen atoms in total. The van der Waals surface area contributed by atoms with Gasteiger partial charge in [-0.1, -0.05) is 0 Å². The van der Waals surface area contributed by atoms with Gasteiger partial charge < -0.3 is 0 Å². The lowest BCUT2D eigenvalue weighted by Crippen LogP contribution is -2.01. The molecule has 1 heterocycles. The first-order chi connectivity index (χ1) is 10.0. The van der Waals surface area contributed by atoms with Crippen LogP contribution in [0.3, 0.4) is 0 Å². The molecule has 0 saturated carbocycles. The summed E-state index contributed by atoms with van der Waals surface area (Å²) >= 11 is 1.29. The van der Waals surface area contributed by atoms with Crippen LogP contribution in [-0.4, -0.2) is 10.7 Å². The Morgan fingerprint density at radius 3 is 2.48 bits per heavy atom. The fourth-order valence-electron chi connectivity index (χ4n) is 1.74. The minimum absolute atomic E-state index is 0.00871. The van der Waals surface area contributed by atoms with E-state index in [0.29, 0.717) is 10.4 Å². The van der Waals surface area contributed by atoms with Crippen LogP contribution in [0.15, 0.2) is 41.3 Å². The molecule has 21 heavy (non-hydrogen) atoms. The van der Waals surface area contributed by atoms with Crippen LogP contribution in [-0.2, 0) is 0 Å². The third kappa shape index (κ3) is 3.22. The van der Waals surface area contributed by atoms with Crippen molar-refractivity contribution in [3.8, 4) is 6.07 Å². The molecule has 0 unspecified atom stereocenters. The van der Waals surface area contributed by atoms with Crippen LogP contribution >= 0.6 is 11.3 Å². The van der Waals surface area contributed by atoms with E-state index in [2.05, 4.69) is 0 Å². The van der Waals surface area contributed by atoms with Crippen molar-refractivity contribution in [3.05, 3.63) is 67.4 Å². The number of nitro groups is 1. The predicted octanol–water partition coefficient (Wildman–Crippen LogP) is 3.75. The molecule has 0 bridgehead atoms. The fourth-order valence-corrected chi connectivity index (χ4v) is 2.61. The second-order valence-corrected chi connectivity index (χ2v) is 5.20. The van der Waals surface area contributed by atoms with E-state index in [0.717, 1.165) is 5.56 Å². The largest absolute Gasteiger partial charge is 0.287 e. The van der Waals surface area contributed by atoms with E-state index in [4.69, 9.17) is 5.26 Å². The number of Topliss-reactive ketones (excluding diaryl/α,β-unsaturated/α-hetero) is 1. The molecule has 0 atom stereocenters. The van der Waals surface area contributed by atoms with Crippen LogP contribution in [0.2, 0.25) is 0 Å². The van der Waals surface area contributed by atoms with E-state index in [1.54, 1.807) is 5.38 Å². The number of allylic oxidation sites excluding steroid dienone is 1. The summed E-state index contributed by atoms with van der Waals surface area (Å²) < 4.78 is 0. The predicted molar refractivity (Wildman–Crippen MR) is 80.1 cm³/mol. The SMILES string of the molecule is Cc1ccsc1C(=O)/C(C#N)=C\c1ccc([N+](=O)[O-])cc1. The Hall–Kier alpha value is -2.78. The topological polar surface area (TPSA) is 84.0 Å². The van der Waals surface area contributed by atoms with E-state index >= 15 is 0 Å². The molecule has 1 aromatic heterocycles. The van der Waals surface area contributed by atoms with Gasteiger partial charge in [0, 0.05) is 12.1 Å². The lowest BCUT2D eigenvalue weighted by molar-refractivity contribution is -0.384. The van der Waals surface area contributed by atoms with E-state index in [-0.39, 0.29) is 17.0 Å². The molecule has 0 radical (unpaired) electrons. The summed E-state index contributed by atoms with van der Waals surface area (Å²) in [6.45, 7) is 1.81. The summed E-state index contributed by atoms with van der Waals surface area (Å²) in [4.78, 5) is 22.9. The zero-order valence-corrected chi connectivity index (χ0v) is 11.9. The van der Waals surface area contributed by atoms with E-state index < -0.39 is 4.92 Å². The van der Waals surface area contributed by atoms with Crippen molar-refractivity contribution >= 4 is 28.9 Å². The molecular formula is C15H10N2O3S. The third-order valence-electron chi connectivity index (χ3n) is 2.85. The van der Waals surface area contributed by atoms with Gasteiger partial charge in [-0.15, -0.1) is 11.3 Å². The number of rotatable bonds is 4. The van der Waals surface area contributed by atoms with Gasteiger partial charge in [0.1, 0.15) is 11.6 Å². The van der Waals surface area contributed by atoms with Crippen LogP contribution in [0, 0.1) is 28.4 Å². The van der Waals surface area contributed by atoms with E-state index in [1.165, 1.54) is 41.7 Å². The molecule has 0 saturated heterocycles. The zero-order chi connectivity index (χ0) is 15.4.